The van der Waals surface area contributed by atoms with E-state index in [1.807, 2.05) is 6.07 Å². The maximum absolute atomic E-state index is 6.13. The fourth-order valence-electron chi connectivity index (χ4n) is 1.58. The number of methoxy groups -OCH3 is 1. The van der Waals surface area contributed by atoms with Crippen molar-refractivity contribution in [1.82, 2.24) is 15.0 Å². The zero-order chi connectivity index (χ0) is 14.0. The monoisotopic (exact) mass is 341 g/mol. The van der Waals surface area contributed by atoms with Crippen molar-refractivity contribution in [3.05, 3.63) is 33.6 Å². The molecule has 4 nitrogen and oxygen atoms in total. The van der Waals surface area contributed by atoms with Crippen molar-refractivity contribution in [1.29, 1.82) is 0 Å². The summed E-state index contributed by atoms with van der Waals surface area (Å²) in [5, 5.41) is 0.407. The van der Waals surface area contributed by atoms with Gasteiger partial charge < -0.3 is 4.74 Å². The van der Waals surface area contributed by atoms with Gasteiger partial charge in [0.2, 0.25) is 5.88 Å². The summed E-state index contributed by atoms with van der Waals surface area (Å²) in [6.45, 7) is 4.11. The van der Waals surface area contributed by atoms with E-state index < -0.39 is 0 Å². The van der Waals surface area contributed by atoms with Crippen molar-refractivity contribution in [2.24, 2.45) is 0 Å². The average Bonchev–Trinajstić information content (AvgIpc) is 2.41. The van der Waals surface area contributed by atoms with Gasteiger partial charge in [-0.2, -0.15) is 0 Å². The van der Waals surface area contributed by atoms with E-state index in [0.717, 1.165) is 15.7 Å². The van der Waals surface area contributed by atoms with Gasteiger partial charge in [-0.3, -0.25) is 0 Å². The number of ether oxygens (including phenoxy) is 1. The molecule has 2 rings (SSSR count). The maximum atomic E-state index is 6.13. The summed E-state index contributed by atoms with van der Waals surface area (Å²) in [6.07, 6.45) is 1.67. The summed E-state index contributed by atoms with van der Waals surface area (Å²) in [7, 11) is 1.58. The summed E-state index contributed by atoms with van der Waals surface area (Å²) in [5.74, 6) is 1.36. The fourth-order valence-corrected chi connectivity index (χ4v) is 2.39. The highest BCUT2D eigenvalue weighted by Crippen LogP contribution is 2.31. The molecule has 0 saturated heterocycles. The minimum Gasteiger partial charge on any atom is -0.481 e. The summed E-state index contributed by atoms with van der Waals surface area (Å²) >= 11 is 9.55. The highest BCUT2D eigenvalue weighted by Gasteiger charge is 2.14. The third kappa shape index (κ3) is 3.04. The molecule has 0 N–H and O–H groups in total. The highest BCUT2D eigenvalue weighted by molar-refractivity contribution is 9.10. The van der Waals surface area contributed by atoms with Gasteiger partial charge in [0.05, 0.1) is 17.3 Å². The molecule has 2 heterocycles. The summed E-state index contributed by atoms with van der Waals surface area (Å²) in [5.41, 5.74) is 1.68. The van der Waals surface area contributed by atoms with E-state index in [2.05, 4.69) is 44.7 Å². The van der Waals surface area contributed by atoms with Crippen LogP contribution in [-0.4, -0.2) is 22.1 Å². The molecule has 2 aromatic rings. The standard InChI is InChI=1S/C13H13BrClN3O/c1-7(2)11-10(14)12(15)18-13(17-11)8-4-5-9(19-3)16-6-8/h4-7H,1-3H3. The van der Waals surface area contributed by atoms with Crippen molar-refractivity contribution in [3.8, 4) is 17.3 Å². The molecule has 6 heteroatoms. The lowest BCUT2D eigenvalue weighted by Gasteiger charge is -2.10. The number of nitrogens with zero attached hydrogens (tertiary/aromatic N) is 3. The number of aromatic nitrogens is 3. The van der Waals surface area contributed by atoms with Gasteiger partial charge in [0.1, 0.15) is 5.15 Å². The Morgan fingerprint density at radius 3 is 2.53 bits per heavy atom. The van der Waals surface area contributed by atoms with Crippen LogP contribution in [0.5, 0.6) is 5.88 Å². The van der Waals surface area contributed by atoms with E-state index in [1.54, 1.807) is 19.4 Å². The van der Waals surface area contributed by atoms with Gasteiger partial charge in [0.25, 0.3) is 0 Å². The maximum Gasteiger partial charge on any atom is 0.212 e. The second-order valence-electron chi connectivity index (χ2n) is 4.28. The highest BCUT2D eigenvalue weighted by atomic mass is 79.9. The fraction of sp³-hybridized carbons (Fsp3) is 0.308. The second-order valence-corrected chi connectivity index (χ2v) is 5.43. The topological polar surface area (TPSA) is 47.9 Å². The molecule has 0 spiro atoms. The molecule has 0 aliphatic heterocycles. The Morgan fingerprint density at radius 1 is 1.26 bits per heavy atom. The first-order valence-corrected chi connectivity index (χ1v) is 6.93. The molecule has 0 saturated carbocycles. The van der Waals surface area contributed by atoms with E-state index in [1.165, 1.54) is 0 Å². The van der Waals surface area contributed by atoms with E-state index >= 15 is 0 Å². The molecule has 0 fully saturated rings. The van der Waals surface area contributed by atoms with Crippen molar-refractivity contribution in [2.45, 2.75) is 19.8 Å². The minimum atomic E-state index is 0.250. The van der Waals surface area contributed by atoms with E-state index in [-0.39, 0.29) is 5.92 Å². The van der Waals surface area contributed by atoms with Crippen LogP contribution in [0.4, 0.5) is 0 Å². The lowest BCUT2D eigenvalue weighted by Crippen LogP contribution is -2.00. The Kier molecular flexibility index (Phi) is 4.37. The van der Waals surface area contributed by atoms with Gasteiger partial charge in [-0.25, -0.2) is 15.0 Å². The van der Waals surface area contributed by atoms with Gasteiger partial charge in [-0.1, -0.05) is 25.4 Å². The summed E-state index contributed by atoms with van der Waals surface area (Å²) in [4.78, 5) is 12.9. The van der Waals surface area contributed by atoms with Crippen LogP contribution in [0.1, 0.15) is 25.5 Å². The summed E-state index contributed by atoms with van der Waals surface area (Å²) in [6, 6.07) is 3.62. The van der Waals surface area contributed by atoms with Crippen LogP contribution in [0.25, 0.3) is 11.4 Å². The molecule has 0 atom stereocenters. The molecule has 0 bridgehead atoms. The molecule has 19 heavy (non-hydrogen) atoms. The van der Waals surface area contributed by atoms with Gasteiger partial charge in [0.15, 0.2) is 5.82 Å². The molecule has 0 aliphatic rings. The normalized spacial score (nSPS) is 10.8. The third-order valence-electron chi connectivity index (χ3n) is 2.59. The first kappa shape index (κ1) is 14.2. The Morgan fingerprint density at radius 2 is 2.00 bits per heavy atom. The molecule has 2 aromatic heterocycles. The molecular formula is C13H13BrClN3O. The van der Waals surface area contributed by atoms with Gasteiger partial charge in [-0.05, 0) is 27.9 Å². The van der Waals surface area contributed by atoms with Crippen LogP contribution in [0.15, 0.2) is 22.8 Å². The van der Waals surface area contributed by atoms with Crippen LogP contribution in [-0.2, 0) is 0 Å². The number of hydrogen-bond donors (Lipinski definition) is 0. The Balaban J connectivity index is 2.49. The first-order chi connectivity index (χ1) is 9.02. The van der Waals surface area contributed by atoms with Crippen molar-refractivity contribution >= 4 is 27.5 Å². The minimum absolute atomic E-state index is 0.250. The quantitative estimate of drug-likeness (QED) is 0.788. The van der Waals surface area contributed by atoms with Crippen LogP contribution >= 0.6 is 27.5 Å². The predicted octanol–water partition coefficient (Wildman–Crippen LogP) is 4.09. The van der Waals surface area contributed by atoms with Crippen LogP contribution in [0, 0.1) is 0 Å². The van der Waals surface area contributed by atoms with E-state index in [9.17, 15) is 0 Å². The third-order valence-corrected chi connectivity index (χ3v) is 3.87. The number of rotatable bonds is 3. The van der Waals surface area contributed by atoms with Crippen LogP contribution in [0.2, 0.25) is 5.15 Å². The Hall–Kier alpha value is -1.20. The van der Waals surface area contributed by atoms with Crippen molar-refractivity contribution < 1.29 is 4.74 Å². The van der Waals surface area contributed by atoms with E-state index in [0.29, 0.717) is 16.9 Å². The number of halogens is 2. The largest absolute Gasteiger partial charge is 0.481 e. The molecule has 0 aliphatic carbocycles. The Bertz CT molecular complexity index is 587. The van der Waals surface area contributed by atoms with Gasteiger partial charge in [0, 0.05) is 17.8 Å². The summed E-state index contributed by atoms with van der Waals surface area (Å²) < 4.78 is 5.77. The van der Waals surface area contributed by atoms with E-state index in [4.69, 9.17) is 16.3 Å². The molecule has 0 aromatic carbocycles. The lowest BCUT2D eigenvalue weighted by molar-refractivity contribution is 0.398. The molecule has 100 valence electrons. The predicted molar refractivity (Wildman–Crippen MR) is 78.6 cm³/mol. The molecular weight excluding hydrogens is 330 g/mol. The number of pyridine rings is 1. The molecule has 0 unspecified atom stereocenters. The smallest absolute Gasteiger partial charge is 0.212 e. The van der Waals surface area contributed by atoms with Crippen molar-refractivity contribution in [2.75, 3.05) is 7.11 Å². The number of hydrogen-bond acceptors (Lipinski definition) is 4. The zero-order valence-electron chi connectivity index (χ0n) is 10.8. The first-order valence-electron chi connectivity index (χ1n) is 5.76. The average molecular weight is 343 g/mol. The van der Waals surface area contributed by atoms with Gasteiger partial charge >= 0.3 is 0 Å². The lowest BCUT2D eigenvalue weighted by atomic mass is 10.1. The van der Waals surface area contributed by atoms with Crippen LogP contribution in [0.3, 0.4) is 0 Å². The zero-order valence-corrected chi connectivity index (χ0v) is 13.2. The Labute approximate surface area is 125 Å². The molecule has 0 radical (unpaired) electrons. The second kappa shape index (κ2) is 5.84. The SMILES string of the molecule is COc1ccc(-c2nc(Cl)c(Br)c(C(C)C)n2)cn1. The van der Waals surface area contributed by atoms with Gasteiger partial charge in [-0.15, -0.1) is 0 Å². The van der Waals surface area contributed by atoms with Crippen LogP contribution < -0.4 is 4.74 Å². The molecule has 0 amide bonds. The van der Waals surface area contributed by atoms with Crippen molar-refractivity contribution in [3.63, 3.8) is 0 Å².